The quantitative estimate of drug-likeness (QED) is 0.155. The maximum Gasteiger partial charge on any atom is 1.00 e. The topological polar surface area (TPSA) is 18.5 Å². The second-order valence-electron chi connectivity index (χ2n) is 7.52. The Hall–Kier alpha value is -2.40. The Morgan fingerprint density at radius 2 is 1.26 bits per heavy atom. The van der Waals surface area contributed by atoms with Crippen molar-refractivity contribution in [3.63, 3.8) is 0 Å². The minimum absolute atomic E-state index is 0. The summed E-state index contributed by atoms with van der Waals surface area (Å²) in [5.41, 5.74) is 2.26. The van der Waals surface area contributed by atoms with Crippen LogP contribution in [0.4, 0.5) is 0 Å². The summed E-state index contributed by atoms with van der Waals surface area (Å²) in [5, 5.41) is 0. The van der Waals surface area contributed by atoms with E-state index in [0.717, 1.165) is 41.7 Å². The van der Waals surface area contributed by atoms with Crippen LogP contribution in [0.25, 0.3) is 0 Å². The Morgan fingerprint density at radius 3 is 1.74 bits per heavy atom. The minimum Gasteiger partial charge on any atom is -0.514 e. The van der Waals surface area contributed by atoms with Crippen LogP contribution >= 0.6 is 0 Å². The molecule has 0 saturated heterocycles. The smallest absolute Gasteiger partial charge is 0.514 e. The van der Waals surface area contributed by atoms with Crippen LogP contribution in [0.3, 0.4) is 0 Å². The Morgan fingerprint density at radius 1 is 0.742 bits per heavy atom. The van der Waals surface area contributed by atoms with Crippen LogP contribution in [0.1, 0.15) is 55.7 Å². The van der Waals surface area contributed by atoms with Crippen molar-refractivity contribution in [3.05, 3.63) is 114 Å². The monoisotopic (exact) mass is 406 g/mol. The summed E-state index contributed by atoms with van der Waals surface area (Å²) in [6.07, 6.45) is 5.35. The number of hydrogen-bond donors (Lipinski definition) is 0. The van der Waals surface area contributed by atoms with Crippen LogP contribution < -0.4 is 23.6 Å². The van der Waals surface area contributed by atoms with Crippen LogP contribution in [0.2, 0.25) is 0 Å². The van der Waals surface area contributed by atoms with Gasteiger partial charge in [0.2, 0.25) is 0 Å². The van der Waals surface area contributed by atoms with Crippen molar-refractivity contribution in [1.29, 1.82) is 0 Å². The molecule has 0 unspecified atom stereocenters. The van der Waals surface area contributed by atoms with Crippen molar-refractivity contribution in [2.75, 3.05) is 7.11 Å². The van der Waals surface area contributed by atoms with Crippen molar-refractivity contribution >= 4 is 0 Å². The van der Waals surface area contributed by atoms with Gasteiger partial charge in [-0.05, 0) is 25.0 Å². The van der Waals surface area contributed by atoms with Gasteiger partial charge in [0, 0.05) is 16.7 Å². The number of rotatable bonds is 11. The molecular weight excluding hydrogens is 375 g/mol. The molecule has 31 heavy (non-hydrogen) atoms. The number of allylic oxidation sites excluding steroid dienone is 1. The number of methoxy groups -OCH3 is 1. The zero-order chi connectivity index (χ0) is 21.2. The van der Waals surface area contributed by atoms with Gasteiger partial charge in [-0.3, -0.25) is 0 Å². The molecular formula is C28H31LiO2. The molecule has 0 bridgehead atoms. The van der Waals surface area contributed by atoms with E-state index in [1.165, 1.54) is 12.8 Å². The van der Waals surface area contributed by atoms with Gasteiger partial charge in [-0.2, -0.15) is 0 Å². The number of ether oxygens (including phenoxy) is 2. The van der Waals surface area contributed by atoms with E-state index in [1.807, 2.05) is 48.5 Å². The Kier molecular flexibility index (Phi) is 9.99. The zero-order valence-corrected chi connectivity index (χ0v) is 19.0. The van der Waals surface area contributed by atoms with E-state index in [0.29, 0.717) is 5.76 Å². The molecule has 0 aliphatic heterocycles. The average molecular weight is 406 g/mol. The van der Waals surface area contributed by atoms with Crippen molar-refractivity contribution in [3.8, 4) is 5.75 Å². The van der Waals surface area contributed by atoms with Crippen LogP contribution in [-0.4, -0.2) is 7.11 Å². The Labute approximate surface area is 199 Å². The van der Waals surface area contributed by atoms with E-state index in [4.69, 9.17) is 16.1 Å². The van der Waals surface area contributed by atoms with Crippen molar-refractivity contribution in [2.24, 2.45) is 0 Å². The van der Waals surface area contributed by atoms with E-state index in [1.54, 1.807) is 7.11 Å². The Balaban J connectivity index is 0.00000341. The molecule has 3 heteroatoms. The van der Waals surface area contributed by atoms with Crippen LogP contribution in [0.5, 0.6) is 5.75 Å². The van der Waals surface area contributed by atoms with Crippen LogP contribution in [0, 0.1) is 6.58 Å². The molecule has 0 N–H and O–H groups in total. The normalized spacial score (nSPS) is 10.8. The third-order valence-corrected chi connectivity index (χ3v) is 5.42. The molecule has 0 spiro atoms. The maximum atomic E-state index is 6.70. The third-order valence-electron chi connectivity index (χ3n) is 5.42. The number of unbranched alkanes of at least 4 members (excludes halogenated alkanes) is 3. The van der Waals surface area contributed by atoms with E-state index >= 15 is 0 Å². The molecule has 0 aliphatic carbocycles. The van der Waals surface area contributed by atoms with Gasteiger partial charge < -0.3 is 16.1 Å². The van der Waals surface area contributed by atoms with Crippen molar-refractivity contribution in [1.82, 2.24) is 0 Å². The summed E-state index contributed by atoms with van der Waals surface area (Å²) in [7, 11) is 1.68. The zero-order valence-electron chi connectivity index (χ0n) is 19.0. The first-order valence-electron chi connectivity index (χ1n) is 10.8. The predicted molar refractivity (Wildman–Crippen MR) is 123 cm³/mol. The first-order valence-corrected chi connectivity index (χ1v) is 10.8. The van der Waals surface area contributed by atoms with Gasteiger partial charge in [0.1, 0.15) is 5.75 Å². The van der Waals surface area contributed by atoms with Crippen LogP contribution in [-0.2, 0) is 10.3 Å². The molecule has 0 aromatic heterocycles. The molecule has 3 aromatic carbocycles. The largest absolute Gasteiger partial charge is 1.00 e. The summed E-state index contributed by atoms with van der Waals surface area (Å²) in [4.78, 5) is 0. The number of benzene rings is 3. The summed E-state index contributed by atoms with van der Waals surface area (Å²) in [6.45, 7) is 8.69. The molecule has 0 radical (unpaired) electrons. The standard InChI is InChI=1S/C28H31O2.Li/c1-4-5-6-9-14-23(2)30-28(24-15-10-7-11-16-24,25-17-12-8-13-18-25)26-19-21-27(29-3)22-20-26;/h2,7-8,10-13,15-22H,4-6,9,14H2,1,3H3;/q-1;+1. The van der Waals surface area contributed by atoms with E-state index in [9.17, 15) is 0 Å². The SMILES string of the molecule is [CH-]=C(CCCCCC)OC(c1ccccc1)(c1ccccc1)c1ccc(OC)cc1.[Li+]. The van der Waals surface area contributed by atoms with Crippen LogP contribution in [0.15, 0.2) is 90.7 Å². The average Bonchev–Trinajstić information content (AvgIpc) is 2.81. The fourth-order valence-corrected chi connectivity index (χ4v) is 3.82. The second-order valence-corrected chi connectivity index (χ2v) is 7.52. The van der Waals surface area contributed by atoms with Crippen molar-refractivity contribution in [2.45, 2.75) is 44.6 Å². The molecule has 0 amide bonds. The molecule has 3 rings (SSSR count). The maximum absolute atomic E-state index is 6.70. The molecule has 0 atom stereocenters. The molecule has 3 aromatic rings. The van der Waals surface area contributed by atoms with E-state index in [-0.39, 0.29) is 18.9 Å². The van der Waals surface area contributed by atoms with Gasteiger partial charge in [-0.25, -0.2) is 0 Å². The van der Waals surface area contributed by atoms with E-state index in [2.05, 4.69) is 43.3 Å². The van der Waals surface area contributed by atoms with Gasteiger partial charge in [-0.1, -0.05) is 105 Å². The Bertz CT molecular complexity index is 865. The van der Waals surface area contributed by atoms with Gasteiger partial charge >= 0.3 is 18.9 Å². The predicted octanol–water partition coefficient (Wildman–Crippen LogP) is 4.29. The minimum atomic E-state index is -0.830. The fourth-order valence-electron chi connectivity index (χ4n) is 3.82. The molecule has 0 heterocycles. The first-order chi connectivity index (χ1) is 14.7. The van der Waals surface area contributed by atoms with Crippen molar-refractivity contribution < 1.29 is 28.3 Å². The summed E-state index contributed by atoms with van der Waals surface area (Å²) >= 11 is 0. The van der Waals surface area contributed by atoms with Gasteiger partial charge in [0.05, 0.1) is 7.11 Å². The molecule has 156 valence electrons. The summed E-state index contributed by atoms with van der Waals surface area (Å²) in [6, 6.07) is 28.6. The first kappa shape index (κ1) is 24.9. The number of hydrogen-bond acceptors (Lipinski definition) is 2. The third kappa shape index (κ3) is 6.07. The molecule has 0 aliphatic rings. The van der Waals surface area contributed by atoms with Gasteiger partial charge in [0.25, 0.3) is 0 Å². The van der Waals surface area contributed by atoms with Gasteiger partial charge in [-0.15, -0.1) is 0 Å². The summed E-state index contributed by atoms with van der Waals surface area (Å²) < 4.78 is 12.1. The second kappa shape index (κ2) is 12.5. The fraction of sp³-hybridized carbons (Fsp3) is 0.286. The molecule has 0 fully saturated rings. The molecule has 0 saturated carbocycles. The van der Waals surface area contributed by atoms with E-state index < -0.39 is 5.60 Å². The molecule has 2 nitrogen and oxygen atoms in total. The van der Waals surface area contributed by atoms with Gasteiger partial charge in [0.15, 0.2) is 5.60 Å². The summed E-state index contributed by atoms with van der Waals surface area (Å²) in [5.74, 6) is 1.37.